The maximum atomic E-state index is 11.4. The summed E-state index contributed by atoms with van der Waals surface area (Å²) in [5.41, 5.74) is 0. The molecule has 0 saturated carbocycles. The minimum atomic E-state index is -0.475. The van der Waals surface area contributed by atoms with Gasteiger partial charge in [0.2, 0.25) is 0 Å². The molecule has 0 aliphatic carbocycles. The highest BCUT2D eigenvalue weighted by Gasteiger charge is 2.06. The predicted molar refractivity (Wildman–Crippen MR) is 86.3 cm³/mol. The first-order valence-electron chi connectivity index (χ1n) is 6.86. The Hall–Kier alpha value is -3.07. The predicted octanol–water partition coefficient (Wildman–Crippen LogP) is 4.72. The van der Waals surface area contributed by atoms with Gasteiger partial charge in [0.15, 0.2) is 0 Å². The molecule has 0 N–H and O–H groups in total. The van der Waals surface area contributed by atoms with Crippen molar-refractivity contribution in [3.63, 3.8) is 0 Å². The number of rotatable bonds is 4. The standard InChI is InChI=1S/C19H14O3/c1-2-19(20)22-18-10-6-7-14-13-16(11-12-17(14)18)21-15-8-4-3-5-9-15/h2-13H,1H2. The molecule has 3 heteroatoms. The summed E-state index contributed by atoms with van der Waals surface area (Å²) in [7, 11) is 0. The third-order valence-electron chi connectivity index (χ3n) is 3.17. The average Bonchev–Trinajstić information content (AvgIpc) is 2.56. The molecule has 0 saturated heterocycles. The van der Waals surface area contributed by atoms with Crippen molar-refractivity contribution >= 4 is 16.7 Å². The van der Waals surface area contributed by atoms with Gasteiger partial charge in [-0.05, 0) is 41.8 Å². The van der Waals surface area contributed by atoms with Crippen molar-refractivity contribution < 1.29 is 14.3 Å². The maximum absolute atomic E-state index is 11.4. The number of carbonyl (C=O) groups excluding carboxylic acids is 1. The van der Waals surface area contributed by atoms with Gasteiger partial charge < -0.3 is 9.47 Å². The molecule has 108 valence electrons. The second-order valence-electron chi connectivity index (χ2n) is 4.68. The molecule has 0 fully saturated rings. The number of ether oxygens (including phenoxy) is 2. The molecule has 0 spiro atoms. The molecule has 0 atom stereocenters. The Labute approximate surface area is 128 Å². The van der Waals surface area contributed by atoms with Gasteiger partial charge in [-0.1, -0.05) is 36.9 Å². The van der Waals surface area contributed by atoms with Gasteiger partial charge in [-0.3, -0.25) is 0 Å². The quantitative estimate of drug-likeness (QED) is 0.396. The highest BCUT2D eigenvalue weighted by Crippen LogP contribution is 2.30. The lowest BCUT2D eigenvalue weighted by Gasteiger charge is -2.09. The van der Waals surface area contributed by atoms with E-state index in [1.54, 1.807) is 6.07 Å². The molecule has 3 nitrogen and oxygen atoms in total. The average molecular weight is 290 g/mol. The number of esters is 1. The summed E-state index contributed by atoms with van der Waals surface area (Å²) in [6.45, 7) is 3.40. The van der Waals surface area contributed by atoms with E-state index in [1.165, 1.54) is 0 Å². The number of carbonyl (C=O) groups is 1. The summed E-state index contributed by atoms with van der Waals surface area (Å²) in [6.07, 6.45) is 1.14. The van der Waals surface area contributed by atoms with Crippen molar-refractivity contribution in [3.8, 4) is 17.2 Å². The number of hydrogen-bond donors (Lipinski definition) is 0. The SMILES string of the molecule is C=CC(=O)Oc1cccc2cc(Oc3ccccc3)ccc12. The Balaban J connectivity index is 1.94. The third-order valence-corrected chi connectivity index (χ3v) is 3.17. The van der Waals surface area contributed by atoms with E-state index in [2.05, 4.69) is 6.58 Å². The molecule has 3 aromatic carbocycles. The first kappa shape index (κ1) is 13.9. The summed E-state index contributed by atoms with van der Waals surface area (Å²) in [5, 5.41) is 1.78. The van der Waals surface area contributed by atoms with Gasteiger partial charge in [0.25, 0.3) is 0 Å². The Morgan fingerprint density at radius 3 is 2.50 bits per heavy atom. The van der Waals surface area contributed by atoms with Crippen molar-refractivity contribution in [1.29, 1.82) is 0 Å². The fraction of sp³-hybridized carbons (Fsp3) is 0. The Morgan fingerprint density at radius 2 is 1.73 bits per heavy atom. The van der Waals surface area contributed by atoms with Gasteiger partial charge in [-0.25, -0.2) is 4.79 Å². The summed E-state index contributed by atoms with van der Waals surface area (Å²) < 4.78 is 11.0. The molecule has 0 aromatic heterocycles. The van der Waals surface area contributed by atoms with Gasteiger partial charge in [0, 0.05) is 11.5 Å². The zero-order chi connectivity index (χ0) is 15.4. The Kier molecular flexibility index (Phi) is 3.88. The molecule has 22 heavy (non-hydrogen) atoms. The van der Waals surface area contributed by atoms with E-state index in [9.17, 15) is 4.79 Å². The van der Waals surface area contributed by atoms with E-state index in [1.807, 2.05) is 60.7 Å². The van der Waals surface area contributed by atoms with Crippen LogP contribution in [0.4, 0.5) is 0 Å². The molecule has 0 amide bonds. The van der Waals surface area contributed by atoms with E-state index >= 15 is 0 Å². The van der Waals surface area contributed by atoms with Crippen molar-refractivity contribution in [3.05, 3.63) is 79.4 Å². The molecule has 3 aromatic rings. The van der Waals surface area contributed by atoms with Crippen LogP contribution >= 0.6 is 0 Å². The molecule has 0 bridgehead atoms. The van der Waals surface area contributed by atoms with Crippen LogP contribution in [0.5, 0.6) is 17.2 Å². The van der Waals surface area contributed by atoms with E-state index in [0.29, 0.717) is 5.75 Å². The smallest absolute Gasteiger partial charge is 0.335 e. The largest absolute Gasteiger partial charge is 0.457 e. The monoisotopic (exact) mass is 290 g/mol. The summed E-state index contributed by atoms with van der Waals surface area (Å²) in [4.78, 5) is 11.4. The van der Waals surface area contributed by atoms with Gasteiger partial charge in [-0.15, -0.1) is 0 Å². The van der Waals surface area contributed by atoms with Gasteiger partial charge in [0.05, 0.1) is 0 Å². The summed E-state index contributed by atoms with van der Waals surface area (Å²) in [6, 6.07) is 20.7. The lowest BCUT2D eigenvalue weighted by Crippen LogP contribution is -2.03. The number of hydrogen-bond acceptors (Lipinski definition) is 3. The zero-order valence-electron chi connectivity index (χ0n) is 11.9. The second-order valence-corrected chi connectivity index (χ2v) is 4.68. The number of benzene rings is 3. The fourth-order valence-corrected chi connectivity index (χ4v) is 2.16. The second kappa shape index (κ2) is 6.14. The molecule has 0 heterocycles. The Bertz CT molecular complexity index is 822. The normalized spacial score (nSPS) is 10.2. The highest BCUT2D eigenvalue weighted by molar-refractivity contribution is 5.93. The van der Waals surface area contributed by atoms with Crippen LogP contribution in [0, 0.1) is 0 Å². The topological polar surface area (TPSA) is 35.5 Å². The Morgan fingerprint density at radius 1 is 0.909 bits per heavy atom. The zero-order valence-corrected chi connectivity index (χ0v) is 11.9. The molecule has 3 rings (SSSR count). The highest BCUT2D eigenvalue weighted by atomic mass is 16.5. The minimum Gasteiger partial charge on any atom is -0.457 e. The van der Waals surface area contributed by atoms with E-state index < -0.39 is 5.97 Å². The summed E-state index contributed by atoms with van der Waals surface area (Å²) in [5.74, 6) is 1.53. The summed E-state index contributed by atoms with van der Waals surface area (Å²) >= 11 is 0. The van der Waals surface area contributed by atoms with E-state index in [0.717, 1.165) is 28.3 Å². The lowest BCUT2D eigenvalue weighted by atomic mass is 10.1. The molecule has 0 aliphatic heterocycles. The molecular weight excluding hydrogens is 276 g/mol. The van der Waals surface area contributed by atoms with Crippen LogP contribution in [0.2, 0.25) is 0 Å². The van der Waals surface area contributed by atoms with Crippen LogP contribution in [-0.2, 0) is 4.79 Å². The van der Waals surface area contributed by atoms with Crippen molar-refractivity contribution in [2.24, 2.45) is 0 Å². The first-order valence-corrected chi connectivity index (χ1v) is 6.86. The molecular formula is C19H14O3. The first-order chi connectivity index (χ1) is 10.8. The van der Waals surface area contributed by atoms with Crippen molar-refractivity contribution in [1.82, 2.24) is 0 Å². The van der Waals surface area contributed by atoms with Crippen LogP contribution in [0.15, 0.2) is 79.4 Å². The van der Waals surface area contributed by atoms with Gasteiger partial charge in [0.1, 0.15) is 17.2 Å². The van der Waals surface area contributed by atoms with Gasteiger partial charge in [-0.2, -0.15) is 0 Å². The van der Waals surface area contributed by atoms with E-state index in [-0.39, 0.29) is 0 Å². The minimum absolute atomic E-state index is 0.475. The van der Waals surface area contributed by atoms with Crippen molar-refractivity contribution in [2.75, 3.05) is 0 Å². The number of fused-ring (bicyclic) bond motifs is 1. The molecule has 0 unspecified atom stereocenters. The van der Waals surface area contributed by atoms with E-state index in [4.69, 9.17) is 9.47 Å². The van der Waals surface area contributed by atoms with Crippen LogP contribution in [0.1, 0.15) is 0 Å². The van der Waals surface area contributed by atoms with Crippen molar-refractivity contribution in [2.45, 2.75) is 0 Å². The van der Waals surface area contributed by atoms with Crippen LogP contribution in [0.3, 0.4) is 0 Å². The third kappa shape index (κ3) is 2.99. The van der Waals surface area contributed by atoms with Gasteiger partial charge >= 0.3 is 5.97 Å². The molecule has 0 radical (unpaired) electrons. The van der Waals surface area contributed by atoms with Crippen LogP contribution in [0.25, 0.3) is 10.8 Å². The molecule has 0 aliphatic rings. The maximum Gasteiger partial charge on any atom is 0.335 e. The van der Waals surface area contributed by atoms with Crippen LogP contribution < -0.4 is 9.47 Å². The van der Waals surface area contributed by atoms with Crippen LogP contribution in [-0.4, -0.2) is 5.97 Å². The lowest BCUT2D eigenvalue weighted by molar-refractivity contribution is -0.128. The fourth-order valence-electron chi connectivity index (χ4n) is 2.16. The number of para-hydroxylation sites is 1.